The van der Waals surface area contributed by atoms with Gasteiger partial charge in [-0.2, -0.15) is 13.2 Å². The van der Waals surface area contributed by atoms with Crippen LogP contribution >= 0.6 is 11.3 Å². The van der Waals surface area contributed by atoms with Crippen LogP contribution in [0.1, 0.15) is 35.0 Å². The number of nitrogens with one attached hydrogen (secondary N) is 1. The lowest BCUT2D eigenvalue weighted by Gasteiger charge is -2.06. The normalized spacial score (nSPS) is 11.8. The summed E-state index contributed by atoms with van der Waals surface area (Å²) in [5.74, 6) is -0.337. The van der Waals surface area contributed by atoms with Crippen LogP contribution in [-0.4, -0.2) is 12.5 Å². The number of rotatable bonds is 4. The molecular weight excluding hydrogens is 301 g/mol. The fourth-order valence-corrected chi connectivity index (χ4v) is 2.94. The maximum absolute atomic E-state index is 12.7. The smallest absolute Gasteiger partial charge is 0.397 e. The first-order chi connectivity index (χ1) is 9.84. The number of thiophene rings is 1. The predicted octanol–water partition coefficient (Wildman–Crippen LogP) is 4.03. The summed E-state index contributed by atoms with van der Waals surface area (Å²) in [6.45, 7) is 2.52. The molecule has 0 aliphatic carbocycles. The summed E-state index contributed by atoms with van der Waals surface area (Å²) in [4.78, 5) is 12.3. The van der Waals surface area contributed by atoms with Crippen LogP contribution in [0.15, 0.2) is 18.2 Å². The number of fused-ring (bicyclic) bond motifs is 1. The van der Waals surface area contributed by atoms with E-state index >= 15 is 0 Å². The highest BCUT2D eigenvalue weighted by Crippen LogP contribution is 2.38. The van der Waals surface area contributed by atoms with Gasteiger partial charge in [-0.1, -0.05) is 13.3 Å². The van der Waals surface area contributed by atoms with Crippen LogP contribution in [0.3, 0.4) is 0 Å². The maximum atomic E-state index is 12.7. The van der Waals surface area contributed by atoms with E-state index in [-0.39, 0.29) is 21.9 Å². The van der Waals surface area contributed by atoms with Crippen molar-refractivity contribution in [3.8, 4) is 0 Å². The van der Waals surface area contributed by atoms with Crippen LogP contribution in [0, 0.1) is 0 Å². The van der Waals surface area contributed by atoms with Crippen LogP contribution in [-0.2, 0) is 6.18 Å². The number of benzene rings is 1. The van der Waals surface area contributed by atoms with Gasteiger partial charge in [0.1, 0.15) is 4.88 Å². The van der Waals surface area contributed by atoms with Gasteiger partial charge in [-0.05, 0) is 24.6 Å². The zero-order chi connectivity index (χ0) is 15.6. The van der Waals surface area contributed by atoms with Crippen molar-refractivity contribution in [2.24, 2.45) is 0 Å². The Balaban J connectivity index is 2.35. The first-order valence-electron chi connectivity index (χ1n) is 6.52. The van der Waals surface area contributed by atoms with E-state index < -0.39 is 11.7 Å². The Hall–Kier alpha value is -1.76. The highest BCUT2D eigenvalue weighted by molar-refractivity contribution is 7.21. The molecule has 1 aromatic heterocycles. The molecule has 0 aliphatic rings. The second-order valence-electron chi connectivity index (χ2n) is 4.66. The van der Waals surface area contributed by atoms with Crippen molar-refractivity contribution >= 4 is 33.0 Å². The number of hydrogen-bond donors (Lipinski definition) is 2. The molecule has 114 valence electrons. The van der Waals surface area contributed by atoms with E-state index in [0.29, 0.717) is 11.2 Å². The Labute approximate surface area is 123 Å². The molecule has 3 N–H and O–H groups in total. The number of amides is 1. The van der Waals surface area contributed by atoms with Gasteiger partial charge in [-0.15, -0.1) is 11.3 Å². The molecule has 0 bridgehead atoms. The van der Waals surface area contributed by atoms with Gasteiger partial charge in [0, 0.05) is 16.6 Å². The number of anilines is 1. The molecule has 1 heterocycles. The minimum absolute atomic E-state index is 0.107. The van der Waals surface area contributed by atoms with Crippen LogP contribution in [0.2, 0.25) is 0 Å². The van der Waals surface area contributed by atoms with Crippen LogP contribution in [0.5, 0.6) is 0 Å². The lowest BCUT2D eigenvalue weighted by atomic mass is 10.1. The van der Waals surface area contributed by atoms with E-state index in [0.717, 1.165) is 36.3 Å². The van der Waals surface area contributed by atoms with Crippen LogP contribution < -0.4 is 11.1 Å². The van der Waals surface area contributed by atoms with Crippen LogP contribution in [0.4, 0.5) is 18.9 Å². The van der Waals surface area contributed by atoms with Crippen molar-refractivity contribution in [3.05, 3.63) is 28.6 Å². The Kier molecular flexibility index (Phi) is 4.41. The summed E-state index contributed by atoms with van der Waals surface area (Å²) in [7, 11) is 0. The van der Waals surface area contributed by atoms with Gasteiger partial charge in [0.2, 0.25) is 0 Å². The Morgan fingerprint density at radius 3 is 2.71 bits per heavy atom. The van der Waals surface area contributed by atoms with Crippen molar-refractivity contribution in [1.82, 2.24) is 5.32 Å². The van der Waals surface area contributed by atoms with Crippen molar-refractivity contribution in [1.29, 1.82) is 0 Å². The Morgan fingerprint density at radius 1 is 1.38 bits per heavy atom. The zero-order valence-electron chi connectivity index (χ0n) is 11.4. The van der Waals surface area contributed by atoms with Gasteiger partial charge in [0.25, 0.3) is 5.91 Å². The molecule has 0 saturated heterocycles. The predicted molar refractivity (Wildman–Crippen MR) is 78.5 cm³/mol. The molecule has 2 aromatic rings. The SMILES string of the molecule is CCCCNC(=O)c1sc2ccc(C(F)(F)F)cc2c1N. The Morgan fingerprint density at radius 2 is 2.10 bits per heavy atom. The quantitative estimate of drug-likeness (QED) is 0.837. The molecule has 1 aromatic carbocycles. The molecule has 0 saturated carbocycles. The van der Waals surface area contributed by atoms with Crippen molar-refractivity contribution in [2.75, 3.05) is 12.3 Å². The molecule has 0 atom stereocenters. The van der Waals surface area contributed by atoms with Gasteiger partial charge >= 0.3 is 6.18 Å². The second kappa shape index (κ2) is 5.93. The van der Waals surface area contributed by atoms with Crippen molar-refractivity contribution in [3.63, 3.8) is 0 Å². The molecule has 2 rings (SSSR count). The van der Waals surface area contributed by atoms with E-state index in [1.165, 1.54) is 6.07 Å². The first kappa shape index (κ1) is 15.6. The summed E-state index contributed by atoms with van der Waals surface area (Å²) >= 11 is 1.10. The third-order valence-electron chi connectivity index (χ3n) is 3.08. The van der Waals surface area contributed by atoms with E-state index in [1.54, 1.807) is 0 Å². The number of alkyl halides is 3. The first-order valence-corrected chi connectivity index (χ1v) is 7.33. The fraction of sp³-hybridized carbons (Fsp3) is 0.357. The van der Waals surface area contributed by atoms with Crippen molar-refractivity contribution in [2.45, 2.75) is 25.9 Å². The summed E-state index contributed by atoms with van der Waals surface area (Å²) < 4.78 is 38.7. The minimum Gasteiger partial charge on any atom is -0.397 e. The van der Waals surface area contributed by atoms with Gasteiger partial charge in [-0.25, -0.2) is 0 Å². The third-order valence-corrected chi connectivity index (χ3v) is 4.26. The molecule has 0 fully saturated rings. The monoisotopic (exact) mass is 316 g/mol. The second-order valence-corrected chi connectivity index (χ2v) is 5.72. The number of nitrogens with two attached hydrogens (primary N) is 1. The van der Waals surface area contributed by atoms with E-state index in [9.17, 15) is 18.0 Å². The molecule has 3 nitrogen and oxygen atoms in total. The van der Waals surface area contributed by atoms with Gasteiger partial charge in [-0.3, -0.25) is 4.79 Å². The zero-order valence-corrected chi connectivity index (χ0v) is 12.2. The molecule has 1 amide bonds. The topological polar surface area (TPSA) is 55.1 Å². The third kappa shape index (κ3) is 3.29. The molecule has 7 heteroatoms. The van der Waals surface area contributed by atoms with E-state index in [4.69, 9.17) is 5.73 Å². The standard InChI is InChI=1S/C14H15F3N2OS/c1-2-3-6-19-13(20)12-11(18)9-7-8(14(15,16)17)4-5-10(9)21-12/h4-5,7H,2-3,6,18H2,1H3,(H,19,20). The number of carbonyl (C=O) groups excluding carboxylic acids is 1. The lowest BCUT2D eigenvalue weighted by Crippen LogP contribution is -2.24. The molecular formula is C14H15F3N2OS. The summed E-state index contributed by atoms with van der Waals surface area (Å²) in [5.41, 5.74) is 5.18. The van der Waals surface area contributed by atoms with Crippen molar-refractivity contribution < 1.29 is 18.0 Å². The summed E-state index contributed by atoms with van der Waals surface area (Å²) in [6, 6.07) is 3.34. The number of halogens is 3. The van der Waals surface area contributed by atoms with Gasteiger partial charge in [0.15, 0.2) is 0 Å². The number of unbranched alkanes of at least 4 members (excludes halogenated alkanes) is 1. The molecule has 0 aliphatic heterocycles. The summed E-state index contributed by atoms with van der Waals surface area (Å²) in [6.07, 6.45) is -2.64. The van der Waals surface area contributed by atoms with Gasteiger partial charge in [0.05, 0.1) is 11.3 Å². The molecule has 0 radical (unpaired) electrons. The average Bonchev–Trinajstić information content (AvgIpc) is 2.75. The lowest BCUT2D eigenvalue weighted by molar-refractivity contribution is -0.137. The summed E-state index contributed by atoms with van der Waals surface area (Å²) in [5, 5.41) is 2.99. The minimum atomic E-state index is -4.42. The number of nitrogen functional groups attached to an aromatic ring is 1. The number of hydrogen-bond acceptors (Lipinski definition) is 3. The Bertz CT molecular complexity index is 664. The number of carbonyl (C=O) groups is 1. The highest BCUT2D eigenvalue weighted by atomic mass is 32.1. The molecule has 21 heavy (non-hydrogen) atoms. The van der Waals surface area contributed by atoms with E-state index in [2.05, 4.69) is 5.32 Å². The van der Waals surface area contributed by atoms with Crippen LogP contribution in [0.25, 0.3) is 10.1 Å². The highest BCUT2D eigenvalue weighted by Gasteiger charge is 2.31. The maximum Gasteiger partial charge on any atom is 0.416 e. The largest absolute Gasteiger partial charge is 0.416 e. The molecule has 0 unspecified atom stereocenters. The molecule has 0 spiro atoms. The average molecular weight is 316 g/mol. The van der Waals surface area contributed by atoms with Gasteiger partial charge < -0.3 is 11.1 Å². The van der Waals surface area contributed by atoms with E-state index in [1.807, 2.05) is 6.92 Å². The fourth-order valence-electron chi connectivity index (χ4n) is 1.92.